The Labute approximate surface area is 181 Å². The first-order chi connectivity index (χ1) is 14.6. The molecule has 0 atom stereocenters. The van der Waals surface area contributed by atoms with E-state index in [0.29, 0.717) is 11.5 Å². The van der Waals surface area contributed by atoms with Gasteiger partial charge in [-0.3, -0.25) is 9.44 Å². The molecule has 3 aromatic carbocycles. The van der Waals surface area contributed by atoms with Crippen molar-refractivity contribution in [2.24, 2.45) is 0 Å². The van der Waals surface area contributed by atoms with E-state index in [2.05, 4.69) is 9.44 Å². The van der Waals surface area contributed by atoms with Crippen molar-refractivity contribution in [3.8, 4) is 11.5 Å². The van der Waals surface area contributed by atoms with Gasteiger partial charge in [-0.2, -0.15) is 0 Å². The summed E-state index contributed by atoms with van der Waals surface area (Å²) in [6.07, 6.45) is 0. The first-order valence-electron chi connectivity index (χ1n) is 9.09. The average molecular weight is 463 g/mol. The summed E-state index contributed by atoms with van der Waals surface area (Å²) in [5.74, 6) is 1.03. The molecule has 0 spiro atoms. The smallest absolute Gasteiger partial charge is 0.261 e. The van der Waals surface area contributed by atoms with Gasteiger partial charge in [0.1, 0.15) is 11.5 Å². The molecule has 31 heavy (non-hydrogen) atoms. The van der Waals surface area contributed by atoms with Crippen LogP contribution in [0.3, 0.4) is 0 Å². The predicted octanol–water partition coefficient (Wildman–Crippen LogP) is 3.61. The Bertz CT molecular complexity index is 1270. The number of rotatable bonds is 8. The van der Waals surface area contributed by atoms with Crippen LogP contribution in [-0.2, 0) is 20.0 Å². The topological polar surface area (TPSA) is 111 Å². The zero-order valence-corrected chi connectivity index (χ0v) is 18.7. The van der Waals surface area contributed by atoms with E-state index >= 15 is 0 Å². The van der Waals surface area contributed by atoms with Gasteiger partial charge in [0.2, 0.25) is 0 Å². The molecular formula is C21H22N2O6S2. The summed E-state index contributed by atoms with van der Waals surface area (Å²) in [4.78, 5) is 0.0246. The summed E-state index contributed by atoms with van der Waals surface area (Å²) in [6, 6.07) is 16.4. The quantitative estimate of drug-likeness (QED) is 0.529. The normalized spacial score (nSPS) is 11.6. The van der Waals surface area contributed by atoms with Crippen LogP contribution in [0.15, 0.2) is 76.5 Å². The van der Waals surface area contributed by atoms with Crippen molar-refractivity contribution in [1.82, 2.24) is 0 Å². The maximum Gasteiger partial charge on any atom is 0.261 e. The second-order valence-corrected chi connectivity index (χ2v) is 9.98. The number of sulfonamides is 2. The van der Waals surface area contributed by atoms with E-state index in [4.69, 9.17) is 9.47 Å². The van der Waals surface area contributed by atoms with Gasteiger partial charge in [0.15, 0.2) is 0 Å². The lowest BCUT2D eigenvalue weighted by molar-refractivity contribution is 0.414. The SMILES string of the molecule is COc1ccc(S(=O)(=O)Nc2ccc(C)cc2NS(=O)(=O)c2ccc(OC)cc2)cc1. The largest absolute Gasteiger partial charge is 0.497 e. The lowest BCUT2D eigenvalue weighted by atomic mass is 10.2. The second-order valence-electron chi connectivity index (χ2n) is 6.61. The van der Waals surface area contributed by atoms with Crippen LogP contribution in [-0.4, -0.2) is 31.1 Å². The average Bonchev–Trinajstić information content (AvgIpc) is 2.75. The number of aryl methyl sites for hydroxylation is 1. The molecule has 0 saturated carbocycles. The highest BCUT2D eigenvalue weighted by Gasteiger charge is 2.20. The Kier molecular flexibility index (Phi) is 6.42. The van der Waals surface area contributed by atoms with E-state index in [1.165, 1.54) is 68.8 Å². The minimum Gasteiger partial charge on any atom is -0.497 e. The van der Waals surface area contributed by atoms with Crippen LogP contribution in [0.1, 0.15) is 5.56 Å². The van der Waals surface area contributed by atoms with Crippen molar-refractivity contribution in [3.05, 3.63) is 72.3 Å². The summed E-state index contributed by atoms with van der Waals surface area (Å²) in [7, 11) is -4.96. The molecule has 0 radical (unpaired) electrons. The summed E-state index contributed by atoms with van der Waals surface area (Å²) in [5, 5.41) is 0. The third kappa shape index (κ3) is 5.28. The van der Waals surface area contributed by atoms with Gasteiger partial charge in [0.05, 0.1) is 35.4 Å². The van der Waals surface area contributed by atoms with Crippen LogP contribution in [0.5, 0.6) is 11.5 Å². The number of benzene rings is 3. The molecule has 0 saturated heterocycles. The molecular weight excluding hydrogens is 440 g/mol. The number of hydrogen-bond donors (Lipinski definition) is 2. The van der Waals surface area contributed by atoms with Crippen LogP contribution in [0, 0.1) is 6.92 Å². The monoisotopic (exact) mass is 462 g/mol. The molecule has 0 bridgehead atoms. The molecule has 164 valence electrons. The van der Waals surface area contributed by atoms with Gasteiger partial charge < -0.3 is 9.47 Å². The van der Waals surface area contributed by atoms with Gasteiger partial charge in [-0.25, -0.2) is 16.8 Å². The second kappa shape index (κ2) is 8.86. The third-order valence-electron chi connectivity index (χ3n) is 4.40. The minimum atomic E-state index is -3.96. The predicted molar refractivity (Wildman–Crippen MR) is 119 cm³/mol. The zero-order chi connectivity index (χ0) is 22.6. The zero-order valence-electron chi connectivity index (χ0n) is 17.1. The van der Waals surface area contributed by atoms with Crippen molar-refractivity contribution in [1.29, 1.82) is 0 Å². The van der Waals surface area contributed by atoms with Crippen LogP contribution >= 0.6 is 0 Å². The van der Waals surface area contributed by atoms with Crippen molar-refractivity contribution in [3.63, 3.8) is 0 Å². The Morgan fingerprint density at radius 1 is 0.613 bits per heavy atom. The number of nitrogens with one attached hydrogen (secondary N) is 2. The summed E-state index contributed by atoms with van der Waals surface area (Å²) >= 11 is 0. The Morgan fingerprint density at radius 3 is 1.45 bits per heavy atom. The van der Waals surface area contributed by atoms with Gasteiger partial charge >= 0.3 is 0 Å². The fourth-order valence-electron chi connectivity index (χ4n) is 2.75. The Morgan fingerprint density at radius 2 is 1.03 bits per heavy atom. The molecule has 0 unspecified atom stereocenters. The van der Waals surface area contributed by atoms with Crippen LogP contribution in [0.25, 0.3) is 0 Å². The fraction of sp³-hybridized carbons (Fsp3) is 0.143. The summed E-state index contributed by atoms with van der Waals surface area (Å²) in [5.41, 5.74) is 0.950. The highest BCUT2D eigenvalue weighted by atomic mass is 32.2. The van der Waals surface area contributed by atoms with Gasteiger partial charge in [-0.05, 0) is 73.2 Å². The number of hydrogen-bond acceptors (Lipinski definition) is 6. The molecule has 0 aromatic heterocycles. The van der Waals surface area contributed by atoms with Crippen molar-refractivity contribution in [2.75, 3.05) is 23.7 Å². The number of anilines is 2. The van der Waals surface area contributed by atoms with Crippen molar-refractivity contribution < 1.29 is 26.3 Å². The molecule has 3 aromatic rings. The maximum atomic E-state index is 12.8. The molecule has 0 aliphatic rings. The lowest BCUT2D eigenvalue weighted by Crippen LogP contribution is -2.17. The van der Waals surface area contributed by atoms with E-state index in [1.54, 1.807) is 19.1 Å². The van der Waals surface area contributed by atoms with Crippen molar-refractivity contribution >= 4 is 31.4 Å². The van der Waals surface area contributed by atoms with Gasteiger partial charge in [-0.15, -0.1) is 0 Å². The number of methoxy groups -OCH3 is 2. The maximum absolute atomic E-state index is 12.8. The number of ether oxygens (including phenoxy) is 2. The lowest BCUT2D eigenvalue weighted by Gasteiger charge is -2.16. The fourth-order valence-corrected chi connectivity index (χ4v) is 4.90. The molecule has 8 nitrogen and oxygen atoms in total. The summed E-state index contributed by atoms with van der Waals surface area (Å²) < 4.78 is 66.3. The van der Waals surface area contributed by atoms with Gasteiger partial charge in [0.25, 0.3) is 20.0 Å². The minimum absolute atomic E-state index is 0.0119. The molecule has 3 rings (SSSR count). The highest BCUT2D eigenvalue weighted by molar-refractivity contribution is 7.93. The molecule has 0 amide bonds. The van der Waals surface area contributed by atoms with Gasteiger partial charge in [0, 0.05) is 0 Å². The molecule has 0 heterocycles. The van der Waals surface area contributed by atoms with E-state index < -0.39 is 20.0 Å². The van der Waals surface area contributed by atoms with Crippen LogP contribution < -0.4 is 18.9 Å². The Balaban J connectivity index is 1.92. The van der Waals surface area contributed by atoms with Crippen molar-refractivity contribution in [2.45, 2.75) is 16.7 Å². The van der Waals surface area contributed by atoms with E-state index in [0.717, 1.165) is 5.56 Å². The highest BCUT2D eigenvalue weighted by Crippen LogP contribution is 2.29. The van der Waals surface area contributed by atoms with Gasteiger partial charge in [-0.1, -0.05) is 6.07 Å². The third-order valence-corrected chi connectivity index (χ3v) is 7.17. The molecule has 0 aliphatic heterocycles. The van der Waals surface area contributed by atoms with Crippen LogP contribution in [0.4, 0.5) is 11.4 Å². The molecule has 2 N–H and O–H groups in total. The summed E-state index contributed by atoms with van der Waals surface area (Å²) in [6.45, 7) is 1.77. The van der Waals surface area contributed by atoms with E-state index in [-0.39, 0.29) is 21.2 Å². The molecule has 0 fully saturated rings. The first kappa shape index (κ1) is 22.4. The molecule has 0 aliphatic carbocycles. The van der Waals surface area contributed by atoms with E-state index in [9.17, 15) is 16.8 Å². The molecule has 10 heteroatoms. The van der Waals surface area contributed by atoms with E-state index in [1.807, 2.05) is 0 Å². The standard InChI is InChI=1S/C21H22N2O6S2/c1-15-4-13-20(22-30(24,25)18-9-5-16(28-2)6-10-18)21(14-15)23-31(26,27)19-11-7-17(29-3)8-12-19/h4-14,22-23H,1-3H3. The first-order valence-corrected chi connectivity index (χ1v) is 12.1. The van der Waals surface area contributed by atoms with Crippen LogP contribution in [0.2, 0.25) is 0 Å². The Hall–Kier alpha value is -3.24.